The van der Waals surface area contributed by atoms with Crippen molar-refractivity contribution in [3.05, 3.63) is 0 Å². The molecule has 32 heavy (non-hydrogen) atoms. The minimum absolute atomic E-state index is 0.0336. The highest BCUT2D eigenvalue weighted by molar-refractivity contribution is 9.09. The molecule has 0 spiro atoms. The van der Waals surface area contributed by atoms with Gasteiger partial charge >= 0.3 is 0 Å². The Labute approximate surface area is 214 Å². The molecule has 0 rings (SSSR count). The van der Waals surface area contributed by atoms with Crippen molar-refractivity contribution < 1.29 is 28.4 Å². The highest BCUT2D eigenvalue weighted by Crippen LogP contribution is 2.29. The zero-order chi connectivity index (χ0) is 24.9. The maximum Gasteiger partial charge on any atom is 0.0948 e. The molecule has 0 aromatic heterocycles. The summed E-state index contributed by atoms with van der Waals surface area (Å²) in [6.07, 6.45) is 1.35. The van der Waals surface area contributed by atoms with Gasteiger partial charge in [-0.1, -0.05) is 31.9 Å². The first-order chi connectivity index (χ1) is 14.8. The van der Waals surface area contributed by atoms with Gasteiger partial charge in [-0.15, -0.1) is 0 Å². The Kier molecular flexibility index (Phi) is 16.8. The fraction of sp³-hybridized carbons (Fsp3) is 1.00. The average Bonchev–Trinajstić information content (AvgIpc) is 2.63. The van der Waals surface area contributed by atoms with Crippen molar-refractivity contribution in [3.63, 3.8) is 0 Å². The monoisotopic (exact) mass is 590 g/mol. The normalized spacial score (nSPS) is 17.1. The molecule has 194 valence electrons. The van der Waals surface area contributed by atoms with Gasteiger partial charge in [-0.25, -0.2) is 0 Å². The number of halogens is 2. The van der Waals surface area contributed by atoms with Gasteiger partial charge in [-0.2, -0.15) is 0 Å². The van der Waals surface area contributed by atoms with Gasteiger partial charge in [0.15, 0.2) is 0 Å². The minimum Gasteiger partial charge on any atom is -0.382 e. The summed E-state index contributed by atoms with van der Waals surface area (Å²) in [6, 6.07) is 0. The molecule has 0 bridgehead atoms. The van der Waals surface area contributed by atoms with Gasteiger partial charge in [-0.3, -0.25) is 0 Å². The van der Waals surface area contributed by atoms with Crippen molar-refractivity contribution in [2.45, 2.75) is 116 Å². The lowest BCUT2D eigenvalue weighted by Crippen LogP contribution is -2.47. The van der Waals surface area contributed by atoms with E-state index in [0.29, 0.717) is 23.9 Å². The second-order valence-electron chi connectivity index (χ2n) is 10.1. The van der Waals surface area contributed by atoms with E-state index >= 15 is 0 Å². The van der Waals surface area contributed by atoms with Crippen LogP contribution in [0.4, 0.5) is 0 Å². The maximum absolute atomic E-state index is 6.57. The zero-order valence-electron chi connectivity index (χ0n) is 21.9. The van der Waals surface area contributed by atoms with Crippen LogP contribution >= 0.6 is 31.9 Å². The second-order valence-corrected chi connectivity index (χ2v) is 11.4. The molecule has 0 aromatic rings. The van der Waals surface area contributed by atoms with Crippen LogP contribution in [0.2, 0.25) is 0 Å². The summed E-state index contributed by atoms with van der Waals surface area (Å²) in [7, 11) is 3.39. The van der Waals surface area contributed by atoms with Crippen LogP contribution in [0, 0.1) is 0 Å². The summed E-state index contributed by atoms with van der Waals surface area (Å²) in [4.78, 5) is 0. The number of hydrogen-bond donors (Lipinski definition) is 0. The Morgan fingerprint density at radius 1 is 0.625 bits per heavy atom. The molecule has 0 aliphatic carbocycles. The SMILES string of the molecule is COCC(CC(C)(C)OC(CBr)C(CBr)OC(C)(C)CC(COC)OC(C)C)OC(C)C. The summed E-state index contributed by atoms with van der Waals surface area (Å²) in [5.41, 5.74) is -0.826. The smallest absolute Gasteiger partial charge is 0.0948 e. The van der Waals surface area contributed by atoms with Gasteiger partial charge < -0.3 is 28.4 Å². The lowest BCUT2D eigenvalue weighted by atomic mass is 9.98. The van der Waals surface area contributed by atoms with E-state index in [-0.39, 0.29) is 36.6 Å². The average molecular weight is 592 g/mol. The van der Waals surface area contributed by atoms with Crippen LogP contribution in [0.15, 0.2) is 0 Å². The lowest BCUT2D eigenvalue weighted by Gasteiger charge is -2.39. The van der Waals surface area contributed by atoms with Crippen LogP contribution in [0.5, 0.6) is 0 Å². The predicted octanol–water partition coefficient (Wildman–Crippen LogP) is 5.76. The van der Waals surface area contributed by atoms with Gasteiger partial charge in [0.2, 0.25) is 0 Å². The Morgan fingerprint density at radius 3 is 1.16 bits per heavy atom. The molecule has 0 saturated heterocycles. The number of rotatable bonds is 19. The third kappa shape index (κ3) is 14.9. The third-order valence-electron chi connectivity index (χ3n) is 4.73. The molecular formula is C24H48Br2O6. The first kappa shape index (κ1) is 32.7. The molecule has 0 radical (unpaired) electrons. The minimum atomic E-state index is -0.413. The van der Waals surface area contributed by atoms with Gasteiger partial charge in [0, 0.05) is 37.7 Å². The second kappa shape index (κ2) is 16.4. The van der Waals surface area contributed by atoms with E-state index in [1.54, 1.807) is 14.2 Å². The van der Waals surface area contributed by atoms with E-state index in [0.717, 1.165) is 12.8 Å². The highest BCUT2D eigenvalue weighted by atomic mass is 79.9. The lowest BCUT2D eigenvalue weighted by molar-refractivity contribution is -0.179. The molecule has 0 amide bonds. The molecule has 6 nitrogen and oxygen atoms in total. The fourth-order valence-corrected chi connectivity index (χ4v) is 4.96. The van der Waals surface area contributed by atoms with Gasteiger partial charge in [-0.05, 0) is 55.4 Å². The molecule has 4 atom stereocenters. The van der Waals surface area contributed by atoms with E-state index in [9.17, 15) is 0 Å². The molecule has 4 unspecified atom stereocenters. The summed E-state index contributed by atoms with van der Waals surface area (Å²) < 4.78 is 35.9. The first-order valence-electron chi connectivity index (χ1n) is 11.6. The third-order valence-corrected chi connectivity index (χ3v) is 6.01. The molecule has 0 aliphatic heterocycles. The Balaban J connectivity index is 5.22. The van der Waals surface area contributed by atoms with Gasteiger partial charge in [0.05, 0.1) is 61.0 Å². The molecular weight excluding hydrogens is 544 g/mol. The van der Waals surface area contributed by atoms with Crippen molar-refractivity contribution in [1.82, 2.24) is 0 Å². The van der Waals surface area contributed by atoms with Crippen molar-refractivity contribution in [3.8, 4) is 0 Å². The van der Waals surface area contributed by atoms with Crippen LogP contribution in [0.1, 0.15) is 68.2 Å². The van der Waals surface area contributed by atoms with Crippen LogP contribution < -0.4 is 0 Å². The summed E-state index contributed by atoms with van der Waals surface area (Å²) in [6.45, 7) is 17.6. The van der Waals surface area contributed by atoms with Gasteiger partial charge in [0.25, 0.3) is 0 Å². The van der Waals surface area contributed by atoms with Gasteiger partial charge in [0.1, 0.15) is 0 Å². The van der Waals surface area contributed by atoms with Crippen molar-refractivity contribution in [1.29, 1.82) is 0 Å². The number of alkyl halides is 2. The molecule has 0 saturated carbocycles. The van der Waals surface area contributed by atoms with E-state index in [4.69, 9.17) is 28.4 Å². The molecule has 0 aromatic carbocycles. The number of hydrogen-bond acceptors (Lipinski definition) is 6. The summed E-state index contributed by atoms with van der Waals surface area (Å²) >= 11 is 7.27. The van der Waals surface area contributed by atoms with Crippen LogP contribution in [-0.2, 0) is 28.4 Å². The highest BCUT2D eigenvalue weighted by Gasteiger charge is 2.36. The van der Waals surface area contributed by atoms with E-state index in [2.05, 4.69) is 59.6 Å². The van der Waals surface area contributed by atoms with E-state index in [1.165, 1.54) is 0 Å². The number of methoxy groups -OCH3 is 2. The van der Waals surface area contributed by atoms with E-state index < -0.39 is 11.2 Å². The zero-order valence-corrected chi connectivity index (χ0v) is 25.1. The largest absolute Gasteiger partial charge is 0.382 e. The quantitative estimate of drug-likeness (QED) is 0.178. The fourth-order valence-electron chi connectivity index (χ4n) is 3.86. The Morgan fingerprint density at radius 2 is 0.938 bits per heavy atom. The molecule has 0 fully saturated rings. The topological polar surface area (TPSA) is 55.4 Å². The van der Waals surface area contributed by atoms with Crippen LogP contribution in [0.25, 0.3) is 0 Å². The Bertz CT molecular complexity index is 431. The molecule has 0 heterocycles. The maximum atomic E-state index is 6.57. The van der Waals surface area contributed by atoms with Crippen molar-refractivity contribution >= 4 is 31.9 Å². The number of ether oxygens (including phenoxy) is 6. The Hall–Kier alpha value is 0.720. The van der Waals surface area contributed by atoms with Crippen molar-refractivity contribution in [2.24, 2.45) is 0 Å². The van der Waals surface area contributed by atoms with Crippen molar-refractivity contribution in [2.75, 3.05) is 38.1 Å². The summed E-state index contributed by atoms with van der Waals surface area (Å²) in [5.74, 6) is 0. The molecule has 0 N–H and O–H groups in total. The predicted molar refractivity (Wildman–Crippen MR) is 138 cm³/mol. The van der Waals surface area contributed by atoms with E-state index in [1.807, 2.05) is 27.7 Å². The summed E-state index contributed by atoms with van der Waals surface area (Å²) in [5, 5.41) is 1.32. The van der Waals surface area contributed by atoms with Crippen LogP contribution in [-0.4, -0.2) is 85.9 Å². The molecule has 0 aliphatic rings. The molecule has 8 heteroatoms. The van der Waals surface area contributed by atoms with Crippen LogP contribution in [0.3, 0.4) is 0 Å². The standard InChI is InChI=1S/C24H48Br2O6/c1-17(2)29-19(15-27-9)11-23(5,6)31-21(13-25)22(14-26)32-24(7,8)12-20(16-28-10)30-18(3)4/h17-22H,11-16H2,1-10H3. The first-order valence-corrected chi connectivity index (χ1v) is 13.8.